The Morgan fingerprint density at radius 3 is 2.67 bits per heavy atom. The molecule has 110 valence electrons. The van der Waals surface area contributed by atoms with Gasteiger partial charge in [0.2, 0.25) is 0 Å². The molecule has 1 unspecified atom stereocenters. The summed E-state index contributed by atoms with van der Waals surface area (Å²) in [5.41, 5.74) is 0.682. The first kappa shape index (κ1) is 14.9. The van der Waals surface area contributed by atoms with E-state index >= 15 is 0 Å². The maximum atomic E-state index is 12.6. The summed E-state index contributed by atoms with van der Waals surface area (Å²) in [7, 11) is 0. The third-order valence-corrected chi connectivity index (χ3v) is 5.35. The average Bonchev–Trinajstić information content (AvgIpc) is 3.18. The zero-order valence-corrected chi connectivity index (χ0v) is 13.4. The van der Waals surface area contributed by atoms with Crippen molar-refractivity contribution in [2.45, 2.75) is 23.7 Å². The van der Waals surface area contributed by atoms with E-state index in [-0.39, 0.29) is 27.3 Å². The number of benzene rings is 1. The predicted octanol–water partition coefficient (Wildman–Crippen LogP) is 3.83. The van der Waals surface area contributed by atoms with Crippen molar-refractivity contribution in [3.8, 4) is 0 Å². The predicted molar refractivity (Wildman–Crippen MR) is 80.7 cm³/mol. The molecular weight excluding hydrogens is 333 g/mol. The summed E-state index contributed by atoms with van der Waals surface area (Å²) >= 11 is 11.0. The number of carbonyl (C=O) groups is 1. The molecule has 1 aromatic carbocycles. The lowest BCUT2D eigenvalue weighted by molar-refractivity contribution is 0.103. The van der Waals surface area contributed by atoms with Gasteiger partial charge in [-0.2, -0.15) is 0 Å². The van der Waals surface area contributed by atoms with Gasteiger partial charge in [-0.15, -0.1) is 0 Å². The van der Waals surface area contributed by atoms with E-state index in [1.54, 1.807) is 6.07 Å². The number of aromatic nitrogens is 1. The highest BCUT2D eigenvalue weighted by molar-refractivity contribution is 7.90. The van der Waals surface area contributed by atoms with E-state index in [1.165, 1.54) is 18.5 Å². The van der Waals surface area contributed by atoms with E-state index in [2.05, 4.69) is 5.16 Å². The highest BCUT2D eigenvalue weighted by Gasteiger charge is 2.33. The van der Waals surface area contributed by atoms with Gasteiger partial charge in [0.1, 0.15) is 11.3 Å². The first-order valence-electron chi connectivity index (χ1n) is 6.31. The molecule has 7 heteroatoms. The van der Waals surface area contributed by atoms with Gasteiger partial charge in [0.25, 0.3) is 0 Å². The highest BCUT2D eigenvalue weighted by atomic mass is 35.5. The van der Waals surface area contributed by atoms with Crippen molar-refractivity contribution in [2.24, 2.45) is 0 Å². The topological polar surface area (TPSA) is 66.2 Å². The van der Waals surface area contributed by atoms with E-state index in [0.717, 1.165) is 12.8 Å². The van der Waals surface area contributed by atoms with E-state index in [9.17, 15) is 9.35 Å². The van der Waals surface area contributed by atoms with Crippen molar-refractivity contribution in [2.75, 3.05) is 6.26 Å². The van der Waals surface area contributed by atoms with Crippen LogP contribution in [0.25, 0.3) is 0 Å². The molecule has 1 aliphatic rings. The molecule has 0 saturated heterocycles. The van der Waals surface area contributed by atoms with Gasteiger partial charge < -0.3 is 9.08 Å². The largest absolute Gasteiger partial charge is 0.612 e. The molecule has 0 N–H and O–H groups in total. The molecule has 4 nitrogen and oxygen atoms in total. The van der Waals surface area contributed by atoms with Crippen molar-refractivity contribution in [1.82, 2.24) is 5.16 Å². The van der Waals surface area contributed by atoms with Gasteiger partial charge in [-0.3, -0.25) is 4.79 Å². The summed E-state index contributed by atoms with van der Waals surface area (Å²) in [5, 5.41) is 3.96. The van der Waals surface area contributed by atoms with Crippen molar-refractivity contribution < 1.29 is 13.9 Å². The molecule has 1 heterocycles. The van der Waals surface area contributed by atoms with Crippen LogP contribution in [-0.2, 0) is 11.2 Å². The van der Waals surface area contributed by atoms with Crippen LogP contribution in [0.1, 0.15) is 40.4 Å². The van der Waals surface area contributed by atoms with E-state index in [4.69, 9.17) is 27.7 Å². The Balaban J connectivity index is 2.02. The summed E-state index contributed by atoms with van der Waals surface area (Å²) in [6.07, 6.45) is 4.91. The Labute approximate surface area is 134 Å². The molecule has 0 bridgehead atoms. The van der Waals surface area contributed by atoms with Gasteiger partial charge in [0.05, 0.1) is 16.8 Å². The van der Waals surface area contributed by atoms with E-state index in [1.807, 2.05) is 0 Å². The second kappa shape index (κ2) is 5.65. The molecule has 21 heavy (non-hydrogen) atoms. The van der Waals surface area contributed by atoms with Gasteiger partial charge in [-0.1, -0.05) is 28.4 Å². The molecular formula is C14H11Cl2NO3S. The third kappa shape index (κ3) is 2.71. The maximum absolute atomic E-state index is 12.6. The Bertz CT molecular complexity index is 710. The minimum Gasteiger partial charge on any atom is -0.612 e. The number of hydrogen-bond donors (Lipinski definition) is 0. The number of ketones is 1. The zero-order valence-electron chi connectivity index (χ0n) is 11.1. The van der Waals surface area contributed by atoms with Crippen LogP contribution in [-0.4, -0.2) is 21.7 Å². The van der Waals surface area contributed by atoms with Gasteiger partial charge in [-0.05, 0) is 36.2 Å². The number of carbonyl (C=O) groups excluding carboxylic acids is 1. The van der Waals surface area contributed by atoms with Crippen molar-refractivity contribution in [3.63, 3.8) is 0 Å². The first-order valence-corrected chi connectivity index (χ1v) is 8.62. The van der Waals surface area contributed by atoms with Gasteiger partial charge in [-0.25, -0.2) is 0 Å². The lowest BCUT2D eigenvalue weighted by atomic mass is 10.0. The molecule has 3 rings (SSSR count). The van der Waals surface area contributed by atoms with Crippen LogP contribution >= 0.6 is 23.2 Å². The molecule has 0 radical (unpaired) electrons. The van der Waals surface area contributed by atoms with Gasteiger partial charge in [0.15, 0.2) is 16.4 Å². The molecule has 1 aromatic heterocycles. The van der Waals surface area contributed by atoms with Gasteiger partial charge >= 0.3 is 0 Å². The molecule has 1 aliphatic carbocycles. The Morgan fingerprint density at radius 1 is 1.33 bits per heavy atom. The highest BCUT2D eigenvalue weighted by Crippen LogP contribution is 2.42. The van der Waals surface area contributed by atoms with Crippen LogP contribution in [0, 0.1) is 0 Å². The van der Waals surface area contributed by atoms with Crippen LogP contribution in [0.15, 0.2) is 27.7 Å². The summed E-state index contributed by atoms with van der Waals surface area (Å²) in [5.74, 6) is 0.594. The standard InChI is InChI=1S/C14H11Cl2NO3S/c1-21(19)10-5-4-8(11(15)12(10)16)13(18)9-6-17-20-14(9)7-2-3-7/h4-7H,2-3H2,1H3. The molecule has 1 saturated carbocycles. The van der Waals surface area contributed by atoms with E-state index in [0.29, 0.717) is 16.2 Å². The maximum Gasteiger partial charge on any atom is 0.199 e. The molecule has 2 aromatic rings. The number of halogens is 2. The fraction of sp³-hybridized carbons (Fsp3) is 0.286. The zero-order chi connectivity index (χ0) is 15.1. The van der Waals surface area contributed by atoms with Gasteiger partial charge in [0, 0.05) is 11.5 Å². The minimum atomic E-state index is -1.27. The molecule has 1 fully saturated rings. The number of hydrogen-bond acceptors (Lipinski definition) is 4. The fourth-order valence-electron chi connectivity index (χ4n) is 2.13. The van der Waals surface area contributed by atoms with Crippen LogP contribution in [0.5, 0.6) is 0 Å². The summed E-state index contributed by atoms with van der Waals surface area (Å²) in [6.45, 7) is 0. The summed E-state index contributed by atoms with van der Waals surface area (Å²) in [4.78, 5) is 13.0. The second-order valence-corrected chi connectivity index (χ2v) is 7.00. The Kier molecular flexibility index (Phi) is 4.01. The van der Waals surface area contributed by atoms with Crippen LogP contribution in [0.2, 0.25) is 10.0 Å². The monoisotopic (exact) mass is 343 g/mol. The van der Waals surface area contributed by atoms with Crippen molar-refractivity contribution in [3.05, 3.63) is 45.3 Å². The number of nitrogens with zero attached hydrogens (tertiary/aromatic N) is 1. The fourth-order valence-corrected chi connectivity index (χ4v) is 3.54. The van der Waals surface area contributed by atoms with E-state index < -0.39 is 11.2 Å². The normalized spacial score (nSPS) is 16.0. The lowest BCUT2D eigenvalue weighted by Gasteiger charge is -2.10. The van der Waals surface area contributed by atoms with Crippen LogP contribution < -0.4 is 0 Å². The molecule has 0 amide bonds. The Hall–Kier alpha value is -1.01. The molecule has 1 atom stereocenters. The summed E-state index contributed by atoms with van der Waals surface area (Å²) < 4.78 is 16.7. The molecule has 0 aliphatic heterocycles. The SMILES string of the molecule is C[S+]([O-])c1ccc(C(=O)c2cnoc2C2CC2)c(Cl)c1Cl. The van der Waals surface area contributed by atoms with Crippen LogP contribution in [0.3, 0.4) is 0 Å². The van der Waals surface area contributed by atoms with Crippen molar-refractivity contribution >= 4 is 40.2 Å². The lowest BCUT2D eigenvalue weighted by Crippen LogP contribution is -2.06. The first-order chi connectivity index (χ1) is 10.0. The van der Waals surface area contributed by atoms with Crippen molar-refractivity contribution in [1.29, 1.82) is 0 Å². The molecule has 0 spiro atoms. The van der Waals surface area contributed by atoms with Crippen LogP contribution in [0.4, 0.5) is 0 Å². The minimum absolute atomic E-state index is 0.109. The average molecular weight is 344 g/mol. The second-order valence-electron chi connectivity index (χ2n) is 4.90. The third-order valence-electron chi connectivity index (χ3n) is 3.39. The number of rotatable bonds is 4. The Morgan fingerprint density at radius 2 is 2.05 bits per heavy atom. The smallest absolute Gasteiger partial charge is 0.199 e. The summed E-state index contributed by atoms with van der Waals surface area (Å²) in [6, 6.07) is 3.10. The quantitative estimate of drug-likeness (QED) is 0.625.